The third-order valence-electron chi connectivity index (χ3n) is 4.65. The van der Waals surface area contributed by atoms with E-state index < -0.39 is 0 Å². The number of methoxy groups -OCH3 is 1. The standard InChI is InChI=1S/C21H20N6O3/c1-30-15-8-6-14(7-9-15)21-24-19(25-26-21)13-22-20(29)10-11-27-17-5-3-2-4-16(17)18(28)12-23-27/h2-9,12H,10-11,13H2,1H3,(H,22,29)(H,24,25,26). The Morgan fingerprint density at radius 2 is 1.97 bits per heavy atom. The number of nitrogens with zero attached hydrogens (tertiary/aromatic N) is 4. The van der Waals surface area contributed by atoms with Crippen molar-refractivity contribution in [3.8, 4) is 17.1 Å². The van der Waals surface area contributed by atoms with Crippen molar-refractivity contribution in [3.05, 3.63) is 70.8 Å². The van der Waals surface area contributed by atoms with Gasteiger partial charge < -0.3 is 10.1 Å². The Hall–Kier alpha value is -4.01. The van der Waals surface area contributed by atoms with Gasteiger partial charge in [-0.15, -0.1) is 0 Å². The Bertz CT molecular complexity index is 1230. The summed E-state index contributed by atoms with van der Waals surface area (Å²) in [4.78, 5) is 28.5. The highest BCUT2D eigenvalue weighted by Crippen LogP contribution is 2.18. The van der Waals surface area contributed by atoms with E-state index in [0.29, 0.717) is 29.1 Å². The van der Waals surface area contributed by atoms with Gasteiger partial charge in [0.2, 0.25) is 11.3 Å². The summed E-state index contributed by atoms with van der Waals surface area (Å²) in [6, 6.07) is 14.6. The van der Waals surface area contributed by atoms with Gasteiger partial charge in [-0.1, -0.05) is 12.1 Å². The second-order valence-electron chi connectivity index (χ2n) is 6.61. The van der Waals surface area contributed by atoms with Crippen LogP contribution in [-0.2, 0) is 17.9 Å². The molecule has 0 radical (unpaired) electrons. The van der Waals surface area contributed by atoms with Crippen molar-refractivity contribution in [1.29, 1.82) is 0 Å². The highest BCUT2D eigenvalue weighted by Gasteiger charge is 2.09. The van der Waals surface area contributed by atoms with Gasteiger partial charge in [-0.25, -0.2) is 4.98 Å². The van der Waals surface area contributed by atoms with Crippen LogP contribution in [0, 0.1) is 0 Å². The van der Waals surface area contributed by atoms with Crippen LogP contribution in [0.5, 0.6) is 5.75 Å². The number of aryl methyl sites for hydroxylation is 1. The predicted octanol–water partition coefficient (Wildman–Crippen LogP) is 1.90. The number of hydrogen-bond acceptors (Lipinski definition) is 6. The molecule has 0 saturated heterocycles. The van der Waals surface area contributed by atoms with Crippen LogP contribution in [0.4, 0.5) is 0 Å². The molecule has 2 aromatic heterocycles. The number of fused-ring (bicyclic) bond motifs is 1. The predicted molar refractivity (Wildman–Crippen MR) is 111 cm³/mol. The first-order valence-corrected chi connectivity index (χ1v) is 9.41. The van der Waals surface area contributed by atoms with Gasteiger partial charge in [0.25, 0.3) is 0 Å². The lowest BCUT2D eigenvalue weighted by atomic mass is 10.2. The minimum Gasteiger partial charge on any atom is -0.497 e. The van der Waals surface area contributed by atoms with Crippen LogP contribution in [0.2, 0.25) is 0 Å². The van der Waals surface area contributed by atoms with Gasteiger partial charge in [0.15, 0.2) is 5.82 Å². The molecule has 4 aromatic rings. The van der Waals surface area contributed by atoms with Gasteiger partial charge in [-0.05, 0) is 36.4 Å². The topological polar surface area (TPSA) is 115 Å². The minimum absolute atomic E-state index is 0.135. The Kier molecular flexibility index (Phi) is 5.51. The maximum atomic E-state index is 12.3. The van der Waals surface area contributed by atoms with Crippen molar-refractivity contribution >= 4 is 16.8 Å². The van der Waals surface area contributed by atoms with Gasteiger partial charge in [0.05, 0.1) is 31.9 Å². The third-order valence-corrected chi connectivity index (χ3v) is 4.65. The molecular weight excluding hydrogens is 384 g/mol. The molecule has 0 aliphatic heterocycles. The fourth-order valence-corrected chi connectivity index (χ4v) is 3.06. The molecule has 9 heteroatoms. The lowest BCUT2D eigenvalue weighted by Gasteiger charge is -2.09. The Morgan fingerprint density at radius 3 is 2.77 bits per heavy atom. The molecular formula is C21H20N6O3. The number of rotatable bonds is 7. The Balaban J connectivity index is 1.34. The molecule has 0 saturated carbocycles. The molecule has 2 aromatic carbocycles. The van der Waals surface area contributed by atoms with Gasteiger partial charge in [0.1, 0.15) is 11.6 Å². The van der Waals surface area contributed by atoms with Crippen molar-refractivity contribution in [2.75, 3.05) is 7.11 Å². The molecule has 1 amide bonds. The number of H-pyrrole nitrogens is 1. The molecule has 2 heterocycles. The lowest BCUT2D eigenvalue weighted by molar-refractivity contribution is -0.121. The summed E-state index contributed by atoms with van der Waals surface area (Å²) >= 11 is 0. The number of benzene rings is 2. The monoisotopic (exact) mass is 404 g/mol. The summed E-state index contributed by atoms with van der Waals surface area (Å²) in [5, 5.41) is 14.5. The van der Waals surface area contributed by atoms with Gasteiger partial charge >= 0.3 is 0 Å². The second-order valence-corrected chi connectivity index (χ2v) is 6.61. The van der Waals surface area contributed by atoms with E-state index in [0.717, 1.165) is 11.3 Å². The van der Waals surface area contributed by atoms with Crippen LogP contribution >= 0.6 is 0 Å². The molecule has 0 atom stereocenters. The number of aromatic amines is 1. The number of aromatic nitrogens is 5. The van der Waals surface area contributed by atoms with E-state index in [9.17, 15) is 9.59 Å². The average Bonchev–Trinajstić information content (AvgIpc) is 3.26. The van der Waals surface area contributed by atoms with Gasteiger partial charge in [0, 0.05) is 17.4 Å². The molecule has 30 heavy (non-hydrogen) atoms. The van der Waals surface area contributed by atoms with Crippen molar-refractivity contribution in [2.24, 2.45) is 0 Å². The van der Waals surface area contributed by atoms with Gasteiger partial charge in [-0.3, -0.25) is 19.4 Å². The molecule has 9 nitrogen and oxygen atoms in total. The largest absolute Gasteiger partial charge is 0.497 e. The maximum Gasteiger partial charge on any atom is 0.222 e. The maximum absolute atomic E-state index is 12.3. The number of amides is 1. The summed E-state index contributed by atoms with van der Waals surface area (Å²) < 4.78 is 6.80. The SMILES string of the molecule is COc1ccc(-c2n[nH]c(CNC(=O)CCn3ncc(=O)c4ccccc43)n2)cc1. The summed E-state index contributed by atoms with van der Waals surface area (Å²) in [5.74, 6) is 1.71. The van der Waals surface area contributed by atoms with Crippen molar-refractivity contribution in [1.82, 2.24) is 30.3 Å². The van der Waals surface area contributed by atoms with E-state index in [1.807, 2.05) is 36.4 Å². The molecule has 2 N–H and O–H groups in total. The molecule has 152 valence electrons. The van der Waals surface area contributed by atoms with E-state index in [-0.39, 0.29) is 24.3 Å². The van der Waals surface area contributed by atoms with Crippen LogP contribution in [-0.4, -0.2) is 38.0 Å². The highest BCUT2D eigenvalue weighted by molar-refractivity contribution is 5.79. The quantitative estimate of drug-likeness (QED) is 0.486. The first-order chi connectivity index (χ1) is 14.6. The zero-order valence-electron chi connectivity index (χ0n) is 16.3. The van der Waals surface area contributed by atoms with E-state index in [4.69, 9.17) is 4.74 Å². The van der Waals surface area contributed by atoms with E-state index in [1.165, 1.54) is 6.20 Å². The average molecular weight is 404 g/mol. The number of hydrogen-bond donors (Lipinski definition) is 2. The Morgan fingerprint density at radius 1 is 1.17 bits per heavy atom. The number of nitrogens with one attached hydrogen (secondary N) is 2. The van der Waals surface area contributed by atoms with Crippen molar-refractivity contribution in [2.45, 2.75) is 19.5 Å². The van der Waals surface area contributed by atoms with Crippen LogP contribution in [0.15, 0.2) is 59.5 Å². The van der Waals surface area contributed by atoms with Crippen LogP contribution < -0.4 is 15.5 Å². The number of carbonyl (C=O) groups excluding carboxylic acids is 1. The van der Waals surface area contributed by atoms with Crippen LogP contribution in [0.1, 0.15) is 12.2 Å². The summed E-state index contributed by atoms with van der Waals surface area (Å²) in [7, 11) is 1.61. The zero-order chi connectivity index (χ0) is 20.9. The molecule has 0 aliphatic carbocycles. The van der Waals surface area contributed by atoms with E-state index in [1.54, 1.807) is 23.9 Å². The molecule has 0 bridgehead atoms. The Labute approximate surface area is 171 Å². The first-order valence-electron chi connectivity index (χ1n) is 9.41. The second kappa shape index (κ2) is 8.56. The summed E-state index contributed by atoms with van der Waals surface area (Å²) in [6.07, 6.45) is 1.49. The number of ether oxygens (including phenoxy) is 1. The van der Waals surface area contributed by atoms with Gasteiger partial charge in [-0.2, -0.15) is 10.2 Å². The third kappa shape index (κ3) is 4.19. The van der Waals surface area contributed by atoms with Crippen LogP contribution in [0.25, 0.3) is 22.3 Å². The fraction of sp³-hybridized carbons (Fsp3) is 0.190. The number of carbonyl (C=O) groups is 1. The first kappa shape index (κ1) is 19.3. The lowest BCUT2D eigenvalue weighted by Crippen LogP contribution is -2.25. The smallest absolute Gasteiger partial charge is 0.222 e. The normalized spacial score (nSPS) is 10.8. The summed E-state index contributed by atoms with van der Waals surface area (Å²) in [6.45, 7) is 0.598. The number of para-hydroxylation sites is 1. The van der Waals surface area contributed by atoms with E-state index >= 15 is 0 Å². The summed E-state index contributed by atoms with van der Waals surface area (Å²) in [5.41, 5.74) is 1.42. The van der Waals surface area contributed by atoms with Crippen LogP contribution in [0.3, 0.4) is 0 Å². The molecule has 0 spiro atoms. The van der Waals surface area contributed by atoms with Crippen molar-refractivity contribution < 1.29 is 9.53 Å². The minimum atomic E-state index is -0.151. The zero-order valence-corrected chi connectivity index (χ0v) is 16.3. The fourth-order valence-electron chi connectivity index (χ4n) is 3.06. The molecule has 4 rings (SSSR count). The molecule has 0 aliphatic rings. The molecule has 0 fully saturated rings. The highest BCUT2D eigenvalue weighted by atomic mass is 16.5. The van der Waals surface area contributed by atoms with Crippen molar-refractivity contribution in [3.63, 3.8) is 0 Å². The van der Waals surface area contributed by atoms with E-state index in [2.05, 4.69) is 25.6 Å². The molecule has 0 unspecified atom stereocenters.